The highest BCUT2D eigenvalue weighted by atomic mass is 32.2. The van der Waals surface area contributed by atoms with E-state index in [9.17, 15) is 13.2 Å². The molecule has 0 spiro atoms. The van der Waals surface area contributed by atoms with Crippen LogP contribution in [0.4, 0.5) is 0 Å². The van der Waals surface area contributed by atoms with E-state index in [-0.39, 0.29) is 17.4 Å². The highest BCUT2D eigenvalue weighted by molar-refractivity contribution is 7.89. The lowest BCUT2D eigenvalue weighted by molar-refractivity contribution is -0.902. The van der Waals surface area contributed by atoms with Gasteiger partial charge in [-0.25, -0.2) is 8.42 Å². The van der Waals surface area contributed by atoms with E-state index in [2.05, 4.69) is 6.92 Å². The lowest BCUT2D eigenvalue weighted by Crippen LogP contribution is -3.14. The third kappa shape index (κ3) is 4.98. The fraction of sp³-hybridized carbons (Fsp3) is 0.611. The molecular formula is C18H28N3O5S+. The number of rotatable bonds is 6. The number of nitrogens with one attached hydrogen (secondary N) is 1. The molecule has 0 unspecified atom stereocenters. The van der Waals surface area contributed by atoms with E-state index >= 15 is 0 Å². The quantitative estimate of drug-likeness (QED) is 0.654. The zero-order chi connectivity index (χ0) is 19.3. The van der Waals surface area contributed by atoms with Gasteiger partial charge < -0.3 is 19.3 Å². The SMILES string of the molecule is CC[NH+]1CCN(C(=O)COc2ccc(S(=O)(=O)N3CCOCC3)cc2)CC1. The van der Waals surface area contributed by atoms with E-state index in [1.54, 1.807) is 12.1 Å². The smallest absolute Gasteiger partial charge is 0.260 e. The number of morpholine rings is 1. The van der Waals surface area contributed by atoms with E-state index in [1.165, 1.54) is 21.3 Å². The number of carbonyl (C=O) groups is 1. The van der Waals surface area contributed by atoms with Gasteiger partial charge in [0.15, 0.2) is 6.61 Å². The Kier molecular flexibility index (Phi) is 6.69. The summed E-state index contributed by atoms with van der Waals surface area (Å²) >= 11 is 0. The summed E-state index contributed by atoms with van der Waals surface area (Å²) in [5, 5.41) is 0. The largest absolute Gasteiger partial charge is 0.484 e. The predicted octanol–water partition coefficient (Wildman–Crippen LogP) is -1.17. The van der Waals surface area contributed by atoms with Crippen molar-refractivity contribution in [1.29, 1.82) is 0 Å². The highest BCUT2D eigenvalue weighted by Crippen LogP contribution is 2.20. The molecule has 150 valence electrons. The fourth-order valence-corrected chi connectivity index (χ4v) is 4.71. The van der Waals surface area contributed by atoms with Crippen LogP contribution in [0.1, 0.15) is 6.92 Å². The molecule has 0 saturated carbocycles. The summed E-state index contributed by atoms with van der Waals surface area (Å²) in [4.78, 5) is 15.8. The minimum absolute atomic E-state index is 0.0307. The Balaban J connectivity index is 1.52. The van der Waals surface area contributed by atoms with Crippen molar-refractivity contribution < 1.29 is 27.6 Å². The van der Waals surface area contributed by atoms with Gasteiger partial charge in [0, 0.05) is 13.1 Å². The number of carbonyl (C=O) groups excluding carboxylic acids is 1. The Hall–Kier alpha value is -1.68. The second-order valence-corrected chi connectivity index (χ2v) is 8.70. The maximum Gasteiger partial charge on any atom is 0.260 e. The first-order valence-electron chi connectivity index (χ1n) is 9.43. The van der Waals surface area contributed by atoms with Gasteiger partial charge in [-0.05, 0) is 31.2 Å². The Labute approximate surface area is 160 Å². The zero-order valence-electron chi connectivity index (χ0n) is 15.7. The highest BCUT2D eigenvalue weighted by Gasteiger charge is 2.26. The molecule has 0 radical (unpaired) electrons. The molecule has 0 bridgehead atoms. The molecule has 27 heavy (non-hydrogen) atoms. The Bertz CT molecular complexity index is 724. The number of amides is 1. The lowest BCUT2D eigenvalue weighted by atomic mass is 10.3. The third-order valence-electron chi connectivity index (χ3n) is 5.12. The van der Waals surface area contributed by atoms with Crippen LogP contribution in [0.15, 0.2) is 29.2 Å². The molecule has 1 amide bonds. The lowest BCUT2D eigenvalue weighted by Gasteiger charge is -2.31. The van der Waals surface area contributed by atoms with Gasteiger partial charge in [-0.15, -0.1) is 0 Å². The van der Waals surface area contributed by atoms with E-state index in [4.69, 9.17) is 9.47 Å². The summed E-state index contributed by atoms with van der Waals surface area (Å²) < 4.78 is 37.4. The monoisotopic (exact) mass is 398 g/mol. The van der Waals surface area contributed by atoms with Crippen molar-refractivity contribution in [2.75, 3.05) is 65.6 Å². The molecule has 3 rings (SSSR count). The molecule has 2 fully saturated rings. The Morgan fingerprint density at radius 2 is 1.74 bits per heavy atom. The van der Waals surface area contributed by atoms with E-state index in [0.717, 1.165) is 32.7 Å². The van der Waals surface area contributed by atoms with Gasteiger partial charge in [-0.1, -0.05) is 0 Å². The van der Waals surface area contributed by atoms with Gasteiger partial charge >= 0.3 is 0 Å². The second-order valence-electron chi connectivity index (χ2n) is 6.76. The number of ether oxygens (including phenoxy) is 2. The molecule has 2 heterocycles. The third-order valence-corrected chi connectivity index (χ3v) is 7.03. The Morgan fingerprint density at radius 1 is 1.11 bits per heavy atom. The molecule has 0 aromatic heterocycles. The number of quaternary nitrogens is 1. The number of sulfonamides is 1. The number of nitrogens with zero attached hydrogens (tertiary/aromatic N) is 2. The van der Waals surface area contributed by atoms with Crippen LogP contribution >= 0.6 is 0 Å². The number of hydrogen-bond acceptors (Lipinski definition) is 5. The maximum atomic E-state index is 12.6. The molecule has 8 nitrogen and oxygen atoms in total. The van der Waals surface area contributed by atoms with Crippen molar-refractivity contribution in [1.82, 2.24) is 9.21 Å². The number of piperazine rings is 1. The number of likely N-dealkylation sites (N-methyl/N-ethyl adjacent to an activating group) is 1. The van der Waals surface area contributed by atoms with Gasteiger partial charge in [0.25, 0.3) is 5.91 Å². The van der Waals surface area contributed by atoms with Crippen molar-refractivity contribution in [3.05, 3.63) is 24.3 Å². The molecule has 2 aliphatic heterocycles. The molecule has 0 atom stereocenters. The molecule has 0 aliphatic carbocycles. The van der Waals surface area contributed by atoms with Crippen molar-refractivity contribution >= 4 is 15.9 Å². The molecule has 1 aromatic rings. The summed E-state index contributed by atoms with van der Waals surface area (Å²) in [6.07, 6.45) is 0. The van der Waals surface area contributed by atoms with Gasteiger partial charge in [0.05, 0.1) is 50.8 Å². The standard InChI is InChI=1S/C18H27N3O5S/c1-2-19-7-9-20(10-8-19)18(22)15-26-16-3-5-17(6-4-16)27(23,24)21-11-13-25-14-12-21/h3-6H,2,7-15H2,1H3/p+1. The first-order valence-corrected chi connectivity index (χ1v) is 10.9. The molecule has 2 aliphatic rings. The fourth-order valence-electron chi connectivity index (χ4n) is 3.31. The molecule has 1 aromatic carbocycles. The zero-order valence-corrected chi connectivity index (χ0v) is 16.5. The van der Waals surface area contributed by atoms with Crippen molar-refractivity contribution in [2.24, 2.45) is 0 Å². The van der Waals surface area contributed by atoms with E-state index in [0.29, 0.717) is 32.1 Å². The molecule has 2 saturated heterocycles. The van der Waals surface area contributed by atoms with Gasteiger partial charge in [0.1, 0.15) is 5.75 Å². The van der Waals surface area contributed by atoms with Crippen molar-refractivity contribution in [3.63, 3.8) is 0 Å². The maximum absolute atomic E-state index is 12.6. The van der Waals surface area contributed by atoms with Crippen LogP contribution in [-0.4, -0.2) is 89.2 Å². The molecule has 9 heteroatoms. The number of benzene rings is 1. The summed E-state index contributed by atoms with van der Waals surface area (Å²) in [5.41, 5.74) is 0. The van der Waals surface area contributed by atoms with Gasteiger partial charge in [0.2, 0.25) is 10.0 Å². The molecule has 1 N–H and O–H groups in total. The minimum Gasteiger partial charge on any atom is -0.484 e. The van der Waals surface area contributed by atoms with Crippen LogP contribution in [0, 0.1) is 0 Å². The van der Waals surface area contributed by atoms with Crippen LogP contribution in [-0.2, 0) is 19.6 Å². The van der Waals surface area contributed by atoms with Crippen LogP contribution in [0.5, 0.6) is 5.75 Å². The summed E-state index contributed by atoms with van der Waals surface area (Å²) in [5.74, 6) is 0.456. The summed E-state index contributed by atoms with van der Waals surface area (Å²) in [6, 6.07) is 6.24. The minimum atomic E-state index is -3.51. The van der Waals surface area contributed by atoms with Gasteiger partial charge in [-0.3, -0.25) is 4.79 Å². The Morgan fingerprint density at radius 3 is 2.33 bits per heavy atom. The number of hydrogen-bond donors (Lipinski definition) is 1. The van der Waals surface area contributed by atoms with E-state index < -0.39 is 10.0 Å². The van der Waals surface area contributed by atoms with Crippen molar-refractivity contribution in [2.45, 2.75) is 11.8 Å². The summed E-state index contributed by atoms with van der Waals surface area (Å²) in [6.45, 7) is 8.20. The van der Waals surface area contributed by atoms with E-state index in [1.807, 2.05) is 4.90 Å². The van der Waals surface area contributed by atoms with Crippen molar-refractivity contribution in [3.8, 4) is 5.75 Å². The van der Waals surface area contributed by atoms with Crippen LogP contribution in [0.25, 0.3) is 0 Å². The average molecular weight is 399 g/mol. The normalized spacial score (nSPS) is 19.8. The first-order chi connectivity index (χ1) is 13.0. The van der Waals surface area contributed by atoms with Crippen LogP contribution < -0.4 is 9.64 Å². The van der Waals surface area contributed by atoms with Gasteiger partial charge in [-0.2, -0.15) is 4.31 Å². The first kappa shape index (κ1) is 20.1. The second kappa shape index (κ2) is 9.01. The predicted molar refractivity (Wildman–Crippen MR) is 99.3 cm³/mol. The molecular weight excluding hydrogens is 370 g/mol. The van der Waals surface area contributed by atoms with Crippen LogP contribution in [0.2, 0.25) is 0 Å². The summed E-state index contributed by atoms with van der Waals surface area (Å²) in [7, 11) is -3.51. The topological polar surface area (TPSA) is 80.6 Å². The average Bonchev–Trinajstić information content (AvgIpc) is 2.73. The van der Waals surface area contributed by atoms with Crippen LogP contribution in [0.3, 0.4) is 0 Å².